The van der Waals surface area contributed by atoms with Crippen molar-refractivity contribution in [2.75, 3.05) is 19.5 Å². The van der Waals surface area contributed by atoms with Gasteiger partial charge in [-0.1, -0.05) is 16.9 Å². The van der Waals surface area contributed by atoms with Crippen molar-refractivity contribution in [1.29, 1.82) is 0 Å². The van der Waals surface area contributed by atoms with Gasteiger partial charge in [-0.25, -0.2) is 4.79 Å². The minimum absolute atomic E-state index is 0.0135. The Morgan fingerprint density at radius 1 is 1.38 bits per heavy atom. The van der Waals surface area contributed by atoms with Gasteiger partial charge in [-0.2, -0.15) is 4.98 Å². The average Bonchev–Trinajstić information content (AvgIpc) is 3.33. The lowest BCUT2D eigenvalue weighted by molar-refractivity contribution is 0.0488. The number of thioether (sulfide) groups is 2. The maximum atomic E-state index is 13.1. The Hall–Kier alpha value is -2.37. The number of aromatic hydroxyl groups is 1. The zero-order valence-electron chi connectivity index (χ0n) is 18.0. The van der Waals surface area contributed by atoms with E-state index in [2.05, 4.69) is 25.8 Å². The standard InChI is InChI=1S/C21H24N4O5S2/c1-10-15(28-3)7-14(26)17-16(10)20(27)29-6-4-5-12-8-32-21-23-13(9-31-19(17)25(12)21)18-22-11(2)24-30-18/h7-8,13,19,21,23,26H,4-6,9H2,1-3H3/t13?,19?,21-/m1/s1. The number of ether oxygens (including phenoxy) is 2. The van der Waals surface area contributed by atoms with Crippen molar-refractivity contribution >= 4 is 29.5 Å². The van der Waals surface area contributed by atoms with Crippen LogP contribution >= 0.6 is 23.5 Å². The number of methoxy groups -OCH3 is 1. The first-order valence-corrected chi connectivity index (χ1v) is 12.4. The van der Waals surface area contributed by atoms with Gasteiger partial charge in [0.05, 0.1) is 25.3 Å². The van der Waals surface area contributed by atoms with Crippen LogP contribution in [-0.4, -0.2) is 51.1 Å². The molecule has 3 atom stereocenters. The van der Waals surface area contributed by atoms with E-state index < -0.39 is 5.97 Å². The molecule has 4 heterocycles. The monoisotopic (exact) mass is 476 g/mol. The molecule has 0 amide bonds. The second-order valence-electron chi connectivity index (χ2n) is 7.84. The third-order valence-electron chi connectivity index (χ3n) is 5.81. The predicted octanol–water partition coefficient (Wildman–Crippen LogP) is 3.60. The first kappa shape index (κ1) is 21.5. The summed E-state index contributed by atoms with van der Waals surface area (Å²) in [4.78, 5) is 19.8. The van der Waals surface area contributed by atoms with Crippen LogP contribution in [0, 0.1) is 13.8 Å². The molecule has 1 fully saturated rings. The van der Waals surface area contributed by atoms with Gasteiger partial charge in [-0.05, 0) is 32.1 Å². The molecule has 2 N–H and O–H groups in total. The largest absolute Gasteiger partial charge is 0.507 e. The van der Waals surface area contributed by atoms with Crippen molar-refractivity contribution in [2.45, 2.75) is 43.6 Å². The van der Waals surface area contributed by atoms with E-state index in [1.807, 2.05) is 6.92 Å². The Morgan fingerprint density at radius 2 is 2.22 bits per heavy atom. The van der Waals surface area contributed by atoms with Gasteiger partial charge in [0, 0.05) is 28.6 Å². The molecule has 0 aliphatic carbocycles. The number of hydrogen-bond donors (Lipinski definition) is 2. The van der Waals surface area contributed by atoms with E-state index in [1.54, 1.807) is 36.5 Å². The van der Waals surface area contributed by atoms with Crippen molar-refractivity contribution in [3.05, 3.63) is 45.6 Å². The maximum Gasteiger partial charge on any atom is 0.339 e. The number of esters is 1. The first-order valence-electron chi connectivity index (χ1n) is 10.4. The smallest absolute Gasteiger partial charge is 0.339 e. The molecule has 3 aliphatic heterocycles. The molecule has 1 aromatic heterocycles. The molecular formula is C21H24N4O5S2. The topological polar surface area (TPSA) is 110 Å². The molecule has 32 heavy (non-hydrogen) atoms. The third kappa shape index (κ3) is 3.61. The fourth-order valence-electron chi connectivity index (χ4n) is 4.29. The van der Waals surface area contributed by atoms with Gasteiger partial charge < -0.3 is 24.0 Å². The SMILES string of the molecule is COc1cc(O)c2c(c1C)C(=O)OCCCC1=CS[C@@H]3NC(c4nc(C)no4)CSC2N13. The lowest BCUT2D eigenvalue weighted by Crippen LogP contribution is -2.41. The number of allylic oxidation sites excluding steroid dienone is 1. The van der Waals surface area contributed by atoms with Crippen LogP contribution in [-0.2, 0) is 4.74 Å². The van der Waals surface area contributed by atoms with Gasteiger partial charge >= 0.3 is 5.97 Å². The minimum Gasteiger partial charge on any atom is -0.507 e. The third-order valence-corrected chi connectivity index (χ3v) is 8.15. The number of nitrogens with one attached hydrogen (secondary N) is 1. The number of phenols is 1. The summed E-state index contributed by atoms with van der Waals surface area (Å²) in [7, 11) is 1.52. The van der Waals surface area contributed by atoms with E-state index in [9.17, 15) is 9.90 Å². The summed E-state index contributed by atoms with van der Waals surface area (Å²) in [5, 5.41) is 20.5. The highest BCUT2D eigenvalue weighted by Gasteiger charge is 2.43. The molecule has 2 aromatic rings. The number of aromatic nitrogens is 2. The van der Waals surface area contributed by atoms with E-state index in [0.717, 1.165) is 18.5 Å². The van der Waals surface area contributed by atoms with Gasteiger partial charge in [0.2, 0.25) is 5.89 Å². The number of benzene rings is 1. The summed E-state index contributed by atoms with van der Waals surface area (Å²) in [6, 6.07) is 1.41. The van der Waals surface area contributed by atoms with E-state index in [-0.39, 0.29) is 22.7 Å². The van der Waals surface area contributed by atoms with Crippen molar-refractivity contribution < 1.29 is 23.9 Å². The van der Waals surface area contributed by atoms with Crippen LogP contribution < -0.4 is 10.1 Å². The van der Waals surface area contributed by atoms with Gasteiger partial charge in [0.25, 0.3) is 0 Å². The second kappa shape index (κ2) is 8.53. The molecule has 0 radical (unpaired) electrons. The number of phenolic OH excluding ortho intramolecular Hbond substituents is 1. The number of cyclic esters (lactones) is 1. The summed E-state index contributed by atoms with van der Waals surface area (Å²) < 4.78 is 16.4. The average molecular weight is 477 g/mol. The summed E-state index contributed by atoms with van der Waals surface area (Å²) >= 11 is 3.28. The molecule has 3 aliphatic rings. The highest BCUT2D eigenvalue weighted by atomic mass is 32.2. The molecular weight excluding hydrogens is 452 g/mol. The molecule has 2 unspecified atom stereocenters. The Morgan fingerprint density at radius 3 is 2.97 bits per heavy atom. The first-order chi connectivity index (χ1) is 15.5. The number of hydrogen-bond acceptors (Lipinski definition) is 11. The van der Waals surface area contributed by atoms with Crippen LogP contribution in [0.4, 0.5) is 0 Å². The number of nitrogens with zero attached hydrogens (tertiary/aromatic N) is 3. The highest BCUT2D eigenvalue weighted by molar-refractivity contribution is 8.03. The summed E-state index contributed by atoms with van der Waals surface area (Å²) in [6.07, 6.45) is 1.49. The van der Waals surface area contributed by atoms with Crippen molar-refractivity contribution in [1.82, 2.24) is 20.4 Å². The number of rotatable bonds is 2. The number of carbonyl (C=O) groups excluding carboxylic acids is 1. The predicted molar refractivity (Wildman–Crippen MR) is 120 cm³/mol. The molecule has 170 valence electrons. The molecule has 0 saturated carbocycles. The van der Waals surface area contributed by atoms with Crippen LogP contribution in [0.5, 0.6) is 11.5 Å². The zero-order chi connectivity index (χ0) is 22.4. The Kier molecular flexibility index (Phi) is 5.72. The van der Waals surface area contributed by atoms with Gasteiger partial charge in [-0.3, -0.25) is 5.32 Å². The second-order valence-corrected chi connectivity index (χ2v) is 9.91. The lowest BCUT2D eigenvalue weighted by Gasteiger charge is -2.36. The Labute approximate surface area is 193 Å². The summed E-state index contributed by atoms with van der Waals surface area (Å²) in [5.41, 5.74) is 2.60. The molecule has 9 nitrogen and oxygen atoms in total. The minimum atomic E-state index is -0.440. The summed E-state index contributed by atoms with van der Waals surface area (Å²) in [5.74, 6) is 1.76. The van der Waals surface area contributed by atoms with Crippen LogP contribution in [0.25, 0.3) is 0 Å². The van der Waals surface area contributed by atoms with Crippen LogP contribution in [0.15, 0.2) is 21.7 Å². The normalized spacial score (nSPS) is 25.3. The quantitative estimate of drug-likeness (QED) is 0.620. The van der Waals surface area contributed by atoms with Crippen LogP contribution in [0.2, 0.25) is 0 Å². The van der Waals surface area contributed by atoms with Gasteiger partial charge in [-0.15, -0.1) is 11.8 Å². The molecule has 0 spiro atoms. The zero-order valence-corrected chi connectivity index (χ0v) is 19.6. The molecule has 11 heteroatoms. The number of carbonyl (C=O) groups is 1. The van der Waals surface area contributed by atoms with Gasteiger partial charge in [0.15, 0.2) is 5.82 Å². The van der Waals surface area contributed by atoms with E-state index in [1.165, 1.54) is 7.11 Å². The van der Waals surface area contributed by atoms with Gasteiger partial charge in [0.1, 0.15) is 22.4 Å². The Balaban J connectivity index is 1.64. The molecule has 0 bridgehead atoms. The lowest BCUT2D eigenvalue weighted by atomic mass is 9.98. The maximum absolute atomic E-state index is 13.1. The fraction of sp³-hybridized carbons (Fsp3) is 0.476. The van der Waals surface area contributed by atoms with E-state index >= 15 is 0 Å². The molecule has 5 rings (SSSR count). The van der Waals surface area contributed by atoms with Crippen molar-refractivity contribution in [2.24, 2.45) is 0 Å². The summed E-state index contributed by atoms with van der Waals surface area (Å²) in [6.45, 7) is 3.92. The Bertz CT molecular complexity index is 1090. The molecule has 1 aromatic carbocycles. The number of aryl methyl sites for hydroxylation is 1. The van der Waals surface area contributed by atoms with Crippen LogP contribution in [0.1, 0.15) is 57.5 Å². The van der Waals surface area contributed by atoms with E-state index in [4.69, 9.17) is 14.0 Å². The number of fused-ring (bicyclic) bond motifs is 2. The van der Waals surface area contributed by atoms with Crippen LogP contribution in [0.3, 0.4) is 0 Å². The van der Waals surface area contributed by atoms with Crippen molar-refractivity contribution in [3.63, 3.8) is 0 Å². The molecule has 1 saturated heterocycles. The van der Waals surface area contributed by atoms with Crippen molar-refractivity contribution in [3.8, 4) is 11.5 Å². The highest BCUT2D eigenvalue weighted by Crippen LogP contribution is 2.52. The fourth-order valence-corrected chi connectivity index (χ4v) is 6.96. The van der Waals surface area contributed by atoms with E-state index in [0.29, 0.717) is 46.5 Å².